The Balaban J connectivity index is 0.985. The largest absolute Gasteiger partial charge is 0.135 e. The molecule has 0 atom stereocenters. The highest BCUT2D eigenvalue weighted by molar-refractivity contribution is 7.28. The first-order valence-corrected chi connectivity index (χ1v) is 21.9. The number of rotatable bonds is 3. The molecule has 0 bridgehead atoms. The summed E-state index contributed by atoms with van der Waals surface area (Å²) in [5, 5.41) is 15.8. The van der Waals surface area contributed by atoms with E-state index in [-0.39, 0.29) is 0 Å². The molecule has 0 N–H and O–H groups in total. The molecule has 0 aliphatic heterocycles. The topological polar surface area (TPSA) is 0 Å². The predicted molar refractivity (Wildman–Crippen MR) is 254 cm³/mol. The summed E-state index contributed by atoms with van der Waals surface area (Å²) in [7, 11) is 0. The van der Waals surface area contributed by atoms with Crippen molar-refractivity contribution in [1.82, 2.24) is 0 Å². The molecule has 3 aromatic heterocycles. The fraction of sp³-hybridized carbons (Fsp3) is 0. The summed E-state index contributed by atoms with van der Waals surface area (Å²) in [5.74, 6) is 0. The maximum absolute atomic E-state index is 2.45. The minimum atomic E-state index is 1.23. The second-order valence-corrected chi connectivity index (χ2v) is 18.4. The summed E-state index contributed by atoms with van der Waals surface area (Å²) in [5.41, 5.74) is 7.60. The third-order valence-electron chi connectivity index (χ3n) is 12.1. The number of hydrogen-bond donors (Lipinski definition) is 0. The summed E-state index contributed by atoms with van der Waals surface area (Å²) in [6.45, 7) is 0. The average Bonchev–Trinajstić information content (AvgIpc) is 3.95. The summed E-state index contributed by atoms with van der Waals surface area (Å²) in [6, 6.07) is 68.3. The molecule has 0 aliphatic carbocycles. The van der Waals surface area contributed by atoms with E-state index in [9.17, 15) is 0 Å². The predicted octanol–water partition coefficient (Wildman–Crippen LogP) is 17.3. The maximum atomic E-state index is 2.45. The van der Waals surface area contributed by atoms with Gasteiger partial charge in [-0.05, 0) is 108 Å². The molecule has 10 aromatic carbocycles. The van der Waals surface area contributed by atoms with Gasteiger partial charge in [0.05, 0.1) is 0 Å². The standard InChI is InChI=1S/C54H30S3/c1-2-14-37-34(11-1)42(29-51-54(37)45-28-44-36-13-8-10-20-47(36)56-49(44)30-50(45)57-51)31-21-23-32(24-22-31)52-38-15-3-5-17-40(38)53(41-18-6-4-16-39(41)52)33-25-26-48-43(27-33)35-12-7-9-19-46(35)55-48/h1-30H. The zero-order valence-corrected chi connectivity index (χ0v) is 33.0. The van der Waals surface area contributed by atoms with Crippen LogP contribution in [0.2, 0.25) is 0 Å². The fourth-order valence-electron chi connectivity index (χ4n) is 9.55. The van der Waals surface area contributed by atoms with E-state index in [1.54, 1.807) is 0 Å². The van der Waals surface area contributed by atoms with Crippen LogP contribution in [0.1, 0.15) is 0 Å². The van der Waals surface area contributed by atoms with E-state index in [1.807, 2.05) is 34.0 Å². The van der Waals surface area contributed by atoms with Crippen LogP contribution in [0.4, 0.5) is 0 Å². The first-order valence-electron chi connectivity index (χ1n) is 19.4. The van der Waals surface area contributed by atoms with E-state index in [1.165, 1.54) is 126 Å². The zero-order valence-electron chi connectivity index (χ0n) is 30.5. The molecule has 3 heteroatoms. The van der Waals surface area contributed by atoms with Gasteiger partial charge in [-0.3, -0.25) is 0 Å². The maximum Gasteiger partial charge on any atom is 0.0370 e. The molecule has 13 rings (SSSR count). The molecule has 0 nitrogen and oxygen atoms in total. The third-order valence-corrected chi connectivity index (χ3v) is 15.4. The molecule has 3 heterocycles. The highest BCUT2D eigenvalue weighted by Crippen LogP contribution is 2.48. The van der Waals surface area contributed by atoms with Crippen molar-refractivity contribution in [3.63, 3.8) is 0 Å². The number of benzene rings is 10. The van der Waals surface area contributed by atoms with Gasteiger partial charge >= 0.3 is 0 Å². The van der Waals surface area contributed by atoms with E-state index in [0.717, 1.165) is 0 Å². The van der Waals surface area contributed by atoms with E-state index >= 15 is 0 Å². The van der Waals surface area contributed by atoms with Crippen LogP contribution in [0.25, 0.3) is 126 Å². The van der Waals surface area contributed by atoms with E-state index < -0.39 is 0 Å². The van der Waals surface area contributed by atoms with Gasteiger partial charge in [-0.15, -0.1) is 34.0 Å². The molecule has 0 unspecified atom stereocenters. The van der Waals surface area contributed by atoms with E-state index in [2.05, 4.69) is 182 Å². The van der Waals surface area contributed by atoms with Gasteiger partial charge in [-0.1, -0.05) is 140 Å². The second-order valence-electron chi connectivity index (χ2n) is 15.1. The Bertz CT molecular complexity index is 3740. The van der Waals surface area contributed by atoms with Crippen LogP contribution in [-0.2, 0) is 0 Å². The minimum absolute atomic E-state index is 1.23. The summed E-state index contributed by atoms with van der Waals surface area (Å²) in [4.78, 5) is 0. The lowest BCUT2D eigenvalue weighted by Gasteiger charge is -2.18. The molecular formula is C54H30S3. The van der Waals surface area contributed by atoms with Gasteiger partial charge in [0.25, 0.3) is 0 Å². The molecule has 0 radical (unpaired) electrons. The number of fused-ring (bicyclic) bond motifs is 13. The summed E-state index contributed by atoms with van der Waals surface area (Å²) in [6.07, 6.45) is 0. The van der Waals surface area contributed by atoms with Crippen LogP contribution < -0.4 is 0 Å². The zero-order chi connectivity index (χ0) is 37.2. The van der Waals surface area contributed by atoms with Crippen molar-refractivity contribution in [3.05, 3.63) is 182 Å². The molecule has 0 spiro atoms. The Morgan fingerprint density at radius 1 is 0.228 bits per heavy atom. The minimum Gasteiger partial charge on any atom is -0.135 e. The van der Waals surface area contributed by atoms with E-state index in [4.69, 9.17) is 0 Å². The molecule has 0 saturated carbocycles. The van der Waals surface area contributed by atoms with Crippen molar-refractivity contribution in [2.75, 3.05) is 0 Å². The van der Waals surface area contributed by atoms with Crippen molar-refractivity contribution < 1.29 is 0 Å². The van der Waals surface area contributed by atoms with Gasteiger partial charge in [0.15, 0.2) is 0 Å². The lowest BCUT2D eigenvalue weighted by molar-refractivity contribution is 1.65. The van der Waals surface area contributed by atoms with Gasteiger partial charge < -0.3 is 0 Å². The molecule has 13 aromatic rings. The van der Waals surface area contributed by atoms with Crippen LogP contribution in [0, 0.1) is 0 Å². The molecule has 0 fully saturated rings. The number of thiophene rings is 3. The van der Waals surface area contributed by atoms with Crippen molar-refractivity contribution in [2.24, 2.45) is 0 Å². The molecule has 264 valence electrons. The van der Waals surface area contributed by atoms with Crippen LogP contribution in [0.5, 0.6) is 0 Å². The Hall–Kier alpha value is -6.36. The number of hydrogen-bond acceptors (Lipinski definition) is 3. The van der Waals surface area contributed by atoms with E-state index in [0.29, 0.717) is 0 Å². The van der Waals surface area contributed by atoms with Crippen molar-refractivity contribution >= 4 is 127 Å². The van der Waals surface area contributed by atoms with Crippen LogP contribution in [0.15, 0.2) is 182 Å². The normalized spacial score (nSPS) is 12.2. The van der Waals surface area contributed by atoms with Crippen LogP contribution in [0.3, 0.4) is 0 Å². The van der Waals surface area contributed by atoms with Crippen LogP contribution in [-0.4, -0.2) is 0 Å². The highest BCUT2D eigenvalue weighted by atomic mass is 32.1. The molecule has 0 aliphatic rings. The summed E-state index contributed by atoms with van der Waals surface area (Å²) < 4.78 is 8.08. The Kier molecular flexibility index (Phi) is 6.73. The third kappa shape index (κ3) is 4.65. The molecular weight excluding hydrogens is 745 g/mol. The van der Waals surface area contributed by atoms with Crippen LogP contribution >= 0.6 is 34.0 Å². The smallest absolute Gasteiger partial charge is 0.0370 e. The summed E-state index contributed by atoms with van der Waals surface area (Å²) >= 11 is 5.69. The SMILES string of the molecule is c1ccc2c(c1)sc1ccc(-c3c4ccccc4c(-c4ccc(-c5cc6sc7cc8sc9ccccc9c8cc7c6c6ccccc56)cc4)c4ccccc34)cc12. The first kappa shape index (κ1) is 31.8. The van der Waals surface area contributed by atoms with Gasteiger partial charge in [0, 0.05) is 60.5 Å². The van der Waals surface area contributed by atoms with Gasteiger partial charge in [0.1, 0.15) is 0 Å². The second kappa shape index (κ2) is 12.1. The lowest BCUT2D eigenvalue weighted by atomic mass is 9.85. The molecule has 57 heavy (non-hydrogen) atoms. The quantitative estimate of drug-likeness (QED) is 0.157. The van der Waals surface area contributed by atoms with Crippen molar-refractivity contribution in [1.29, 1.82) is 0 Å². The lowest BCUT2D eigenvalue weighted by Crippen LogP contribution is -1.91. The highest BCUT2D eigenvalue weighted by Gasteiger charge is 2.19. The Morgan fingerprint density at radius 2 is 0.667 bits per heavy atom. The van der Waals surface area contributed by atoms with Crippen molar-refractivity contribution in [2.45, 2.75) is 0 Å². The van der Waals surface area contributed by atoms with Crippen molar-refractivity contribution in [3.8, 4) is 33.4 Å². The monoisotopic (exact) mass is 774 g/mol. The Labute approximate surface area is 340 Å². The van der Waals surface area contributed by atoms with Gasteiger partial charge in [0.2, 0.25) is 0 Å². The Morgan fingerprint density at radius 3 is 1.32 bits per heavy atom. The first-order chi connectivity index (χ1) is 28.2. The molecule has 0 saturated heterocycles. The van der Waals surface area contributed by atoms with Gasteiger partial charge in [-0.2, -0.15) is 0 Å². The fourth-order valence-corrected chi connectivity index (χ4v) is 13.0. The molecule has 0 amide bonds. The average molecular weight is 775 g/mol. The van der Waals surface area contributed by atoms with Gasteiger partial charge in [-0.25, -0.2) is 0 Å².